The van der Waals surface area contributed by atoms with Crippen molar-refractivity contribution in [2.75, 3.05) is 7.11 Å². The van der Waals surface area contributed by atoms with Crippen molar-refractivity contribution in [1.29, 1.82) is 0 Å². The molecule has 0 amide bonds. The first kappa shape index (κ1) is 15.6. The van der Waals surface area contributed by atoms with Crippen LogP contribution in [0, 0.1) is 4.77 Å². The normalized spacial score (nSPS) is 10.5. The average Bonchev–Trinajstić information content (AvgIpc) is 2.95. The number of hydrogen-bond donors (Lipinski definition) is 1. The maximum absolute atomic E-state index is 5.87. The molecule has 0 spiro atoms. The van der Waals surface area contributed by atoms with E-state index in [-0.39, 0.29) is 6.61 Å². The minimum absolute atomic E-state index is 0.257. The Balaban J connectivity index is 1.90. The molecule has 0 aliphatic carbocycles. The molecule has 3 aromatic rings. The van der Waals surface area contributed by atoms with Crippen molar-refractivity contribution >= 4 is 23.8 Å². The van der Waals surface area contributed by atoms with Crippen molar-refractivity contribution < 1.29 is 9.47 Å². The van der Waals surface area contributed by atoms with Gasteiger partial charge in [-0.05, 0) is 48.6 Å². The molecule has 23 heavy (non-hydrogen) atoms. The van der Waals surface area contributed by atoms with Crippen LogP contribution < -0.4 is 9.47 Å². The fourth-order valence-corrected chi connectivity index (χ4v) is 2.54. The highest BCUT2D eigenvalue weighted by atomic mass is 35.5. The Hall–Kier alpha value is -2.31. The highest BCUT2D eigenvalue weighted by Crippen LogP contribution is 2.24. The fourth-order valence-electron chi connectivity index (χ4n) is 2.17. The Morgan fingerprint density at radius 2 is 1.91 bits per heavy atom. The largest absolute Gasteiger partial charge is 0.495 e. The number of nitrogens with zero attached hydrogens (tertiary/aromatic N) is 2. The zero-order chi connectivity index (χ0) is 16.2. The van der Waals surface area contributed by atoms with Crippen molar-refractivity contribution in [2.45, 2.75) is 6.61 Å². The maximum Gasteiger partial charge on any atom is 0.200 e. The second-order valence-electron chi connectivity index (χ2n) is 4.69. The van der Waals surface area contributed by atoms with Crippen LogP contribution in [0.1, 0.15) is 5.82 Å². The SMILES string of the molecule is COc1ccccc1-n1c(COc2ccc(Cl)cc2)n[nH]c1=S. The monoisotopic (exact) mass is 347 g/mol. The zero-order valence-corrected chi connectivity index (χ0v) is 13.9. The van der Waals surface area contributed by atoms with E-state index in [4.69, 9.17) is 33.3 Å². The summed E-state index contributed by atoms with van der Waals surface area (Å²) in [7, 11) is 1.62. The first-order chi connectivity index (χ1) is 11.2. The number of H-pyrrole nitrogens is 1. The number of nitrogens with one attached hydrogen (secondary N) is 1. The second kappa shape index (κ2) is 6.85. The molecule has 3 rings (SSSR count). The minimum atomic E-state index is 0.257. The van der Waals surface area contributed by atoms with Crippen molar-refractivity contribution in [1.82, 2.24) is 14.8 Å². The number of para-hydroxylation sites is 2. The minimum Gasteiger partial charge on any atom is -0.495 e. The number of aromatic nitrogens is 3. The third kappa shape index (κ3) is 3.38. The van der Waals surface area contributed by atoms with Gasteiger partial charge in [0.25, 0.3) is 0 Å². The molecule has 1 N–H and O–H groups in total. The summed E-state index contributed by atoms with van der Waals surface area (Å²) in [5, 5.41) is 7.69. The summed E-state index contributed by atoms with van der Waals surface area (Å²) < 4.78 is 13.4. The number of aromatic amines is 1. The highest BCUT2D eigenvalue weighted by molar-refractivity contribution is 7.71. The molecule has 0 aliphatic rings. The zero-order valence-electron chi connectivity index (χ0n) is 12.3. The standard InChI is InChI=1S/C16H14ClN3O2S/c1-21-14-5-3-2-4-13(14)20-15(18-19-16(20)23)10-22-12-8-6-11(17)7-9-12/h2-9H,10H2,1H3,(H,19,23). The Labute approximate surface area is 143 Å². The lowest BCUT2D eigenvalue weighted by Crippen LogP contribution is -2.07. The molecule has 1 heterocycles. The summed E-state index contributed by atoms with van der Waals surface area (Å²) in [6, 6.07) is 14.7. The van der Waals surface area contributed by atoms with E-state index in [0.29, 0.717) is 27.1 Å². The van der Waals surface area contributed by atoms with Gasteiger partial charge >= 0.3 is 0 Å². The van der Waals surface area contributed by atoms with Gasteiger partial charge in [-0.25, -0.2) is 0 Å². The number of benzene rings is 2. The van der Waals surface area contributed by atoms with Gasteiger partial charge in [0.2, 0.25) is 0 Å². The lowest BCUT2D eigenvalue weighted by molar-refractivity contribution is 0.293. The third-order valence-electron chi connectivity index (χ3n) is 3.25. The van der Waals surface area contributed by atoms with Gasteiger partial charge in [-0.1, -0.05) is 23.7 Å². The third-order valence-corrected chi connectivity index (χ3v) is 3.78. The molecule has 0 aliphatic heterocycles. The number of hydrogen-bond acceptors (Lipinski definition) is 4. The van der Waals surface area contributed by atoms with Crippen molar-refractivity contribution in [3.05, 3.63) is 64.1 Å². The van der Waals surface area contributed by atoms with Crippen LogP contribution in [0.2, 0.25) is 5.02 Å². The summed E-state index contributed by atoms with van der Waals surface area (Å²) >= 11 is 11.2. The molecule has 2 aromatic carbocycles. The molecule has 118 valence electrons. The van der Waals surface area contributed by atoms with Gasteiger partial charge in [0, 0.05) is 5.02 Å². The number of halogens is 1. The number of rotatable bonds is 5. The molecular formula is C16H14ClN3O2S. The van der Waals surface area contributed by atoms with Gasteiger partial charge in [-0.2, -0.15) is 5.10 Å². The van der Waals surface area contributed by atoms with Crippen molar-refractivity contribution in [3.63, 3.8) is 0 Å². The quantitative estimate of drug-likeness (QED) is 0.704. The second-order valence-corrected chi connectivity index (χ2v) is 5.52. The molecular weight excluding hydrogens is 334 g/mol. The highest BCUT2D eigenvalue weighted by Gasteiger charge is 2.13. The van der Waals surface area contributed by atoms with Crippen LogP contribution in [-0.2, 0) is 6.61 Å². The molecule has 0 saturated carbocycles. The molecule has 0 unspecified atom stereocenters. The number of ether oxygens (including phenoxy) is 2. The van der Waals surface area contributed by atoms with Gasteiger partial charge in [0.05, 0.1) is 12.8 Å². The lowest BCUT2D eigenvalue weighted by Gasteiger charge is -2.11. The van der Waals surface area contributed by atoms with Crippen LogP contribution in [0.15, 0.2) is 48.5 Å². The summed E-state index contributed by atoms with van der Waals surface area (Å²) in [6.45, 7) is 0.257. The first-order valence-corrected chi connectivity index (χ1v) is 7.65. The number of methoxy groups -OCH3 is 1. The van der Waals surface area contributed by atoms with Crippen LogP contribution in [-0.4, -0.2) is 21.9 Å². The van der Waals surface area contributed by atoms with Gasteiger partial charge in [-0.15, -0.1) is 0 Å². The molecule has 0 fully saturated rings. The van der Waals surface area contributed by atoms with Crippen molar-refractivity contribution in [2.24, 2.45) is 0 Å². The van der Waals surface area contributed by atoms with Gasteiger partial charge in [0.1, 0.15) is 18.1 Å². The Morgan fingerprint density at radius 3 is 2.65 bits per heavy atom. The van der Waals surface area contributed by atoms with E-state index in [1.54, 1.807) is 35.9 Å². The molecule has 1 aromatic heterocycles. The van der Waals surface area contributed by atoms with E-state index >= 15 is 0 Å². The molecule has 0 radical (unpaired) electrons. The van der Waals surface area contributed by atoms with E-state index in [2.05, 4.69) is 10.2 Å². The van der Waals surface area contributed by atoms with E-state index in [9.17, 15) is 0 Å². The van der Waals surface area contributed by atoms with Crippen molar-refractivity contribution in [3.8, 4) is 17.2 Å². The van der Waals surface area contributed by atoms with Gasteiger partial charge in [-0.3, -0.25) is 9.67 Å². The van der Waals surface area contributed by atoms with Crippen LogP contribution >= 0.6 is 23.8 Å². The molecule has 7 heteroatoms. The molecule has 5 nitrogen and oxygen atoms in total. The average molecular weight is 348 g/mol. The molecule has 0 atom stereocenters. The van der Waals surface area contributed by atoms with E-state index < -0.39 is 0 Å². The van der Waals surface area contributed by atoms with Crippen LogP contribution in [0.25, 0.3) is 5.69 Å². The summed E-state index contributed by atoms with van der Waals surface area (Å²) in [6.07, 6.45) is 0. The Kier molecular flexibility index (Phi) is 4.64. The lowest BCUT2D eigenvalue weighted by atomic mass is 10.3. The predicted octanol–water partition coefficient (Wildman–Crippen LogP) is 4.17. The smallest absolute Gasteiger partial charge is 0.200 e. The molecule has 0 bridgehead atoms. The molecule has 0 saturated heterocycles. The van der Waals surface area contributed by atoms with Gasteiger partial charge in [0.15, 0.2) is 10.6 Å². The van der Waals surface area contributed by atoms with E-state index in [1.807, 2.05) is 24.3 Å². The summed E-state index contributed by atoms with van der Waals surface area (Å²) in [5.74, 6) is 2.06. The summed E-state index contributed by atoms with van der Waals surface area (Å²) in [5.41, 5.74) is 0.809. The Morgan fingerprint density at radius 1 is 1.17 bits per heavy atom. The van der Waals surface area contributed by atoms with E-state index in [1.165, 1.54) is 0 Å². The fraction of sp³-hybridized carbons (Fsp3) is 0.125. The Bertz CT molecular complexity index is 858. The van der Waals surface area contributed by atoms with E-state index in [0.717, 1.165) is 5.69 Å². The van der Waals surface area contributed by atoms with Crippen LogP contribution in [0.5, 0.6) is 11.5 Å². The topological polar surface area (TPSA) is 52.1 Å². The maximum atomic E-state index is 5.87. The predicted molar refractivity (Wildman–Crippen MR) is 91.1 cm³/mol. The van der Waals surface area contributed by atoms with Gasteiger partial charge < -0.3 is 9.47 Å². The summed E-state index contributed by atoms with van der Waals surface area (Å²) in [4.78, 5) is 0. The first-order valence-electron chi connectivity index (χ1n) is 6.87. The van der Waals surface area contributed by atoms with Crippen LogP contribution in [0.4, 0.5) is 0 Å². The van der Waals surface area contributed by atoms with Crippen LogP contribution in [0.3, 0.4) is 0 Å².